The largest absolute Gasteiger partial charge is 0.491 e. The second kappa shape index (κ2) is 15.3. The van der Waals surface area contributed by atoms with Crippen molar-refractivity contribution >= 4 is 60.8 Å². The van der Waals surface area contributed by atoms with E-state index >= 15 is 0 Å². The fourth-order valence-corrected chi connectivity index (χ4v) is 8.62. The van der Waals surface area contributed by atoms with E-state index in [1.54, 1.807) is 23.5 Å². The second-order valence-electron chi connectivity index (χ2n) is 13.0. The van der Waals surface area contributed by atoms with Crippen LogP contribution in [0.1, 0.15) is 58.7 Å². The molecule has 5 heterocycles. The number of carbonyl (C=O) groups is 1. The molecule has 2 aromatic carbocycles. The van der Waals surface area contributed by atoms with Crippen molar-refractivity contribution in [3.8, 4) is 17.6 Å². The molecule has 0 saturated carbocycles. The van der Waals surface area contributed by atoms with Crippen molar-refractivity contribution in [3.63, 3.8) is 0 Å². The number of nitrogens with one attached hydrogen (secondary N) is 2. The van der Waals surface area contributed by atoms with Crippen LogP contribution in [0.15, 0.2) is 42.5 Å². The fraction of sp³-hybridized carbons (Fsp3) is 0.378. The van der Waals surface area contributed by atoms with Gasteiger partial charge in [-0.15, -0.1) is 21.5 Å². The number of ether oxygens (including phenoxy) is 1. The molecule has 1 fully saturated rings. The topological polar surface area (TPSA) is 129 Å². The van der Waals surface area contributed by atoms with Crippen LogP contribution in [0.5, 0.6) is 5.75 Å². The van der Waals surface area contributed by atoms with Gasteiger partial charge in [0.2, 0.25) is 0 Å². The normalized spacial score (nSPS) is 17.5. The highest BCUT2D eigenvalue weighted by Gasteiger charge is 2.28. The van der Waals surface area contributed by atoms with Gasteiger partial charge in [-0.25, -0.2) is 19.2 Å². The zero-order valence-electron chi connectivity index (χ0n) is 28.7. The molecule has 0 amide bonds. The van der Waals surface area contributed by atoms with Crippen LogP contribution >= 0.6 is 22.7 Å². The van der Waals surface area contributed by atoms with Crippen molar-refractivity contribution in [2.75, 3.05) is 43.0 Å². The Morgan fingerprint density at radius 3 is 2.75 bits per heavy atom. The van der Waals surface area contributed by atoms with Gasteiger partial charge in [0.15, 0.2) is 39.2 Å². The van der Waals surface area contributed by atoms with Crippen molar-refractivity contribution in [1.82, 2.24) is 30.4 Å². The molecule has 2 atom stereocenters. The molecule has 5 aromatic rings. The van der Waals surface area contributed by atoms with E-state index in [0.717, 1.165) is 52.4 Å². The Hall–Kier alpha value is -4.68. The summed E-state index contributed by atoms with van der Waals surface area (Å²) in [5.41, 5.74) is 3.56. The minimum absolute atomic E-state index is 0.0137. The monoisotopic (exact) mass is 726 g/mol. The van der Waals surface area contributed by atoms with Gasteiger partial charge < -0.3 is 25.4 Å². The third kappa shape index (κ3) is 7.97. The maximum absolute atomic E-state index is 14.9. The van der Waals surface area contributed by atoms with Gasteiger partial charge in [-0.2, -0.15) is 0 Å². The molecule has 0 bridgehead atoms. The molecule has 1 saturated heterocycles. The number of hydrogen-bond acceptors (Lipinski definition) is 12. The van der Waals surface area contributed by atoms with Gasteiger partial charge >= 0.3 is 5.97 Å². The fourth-order valence-electron chi connectivity index (χ4n) is 6.64. The van der Waals surface area contributed by atoms with E-state index in [-0.39, 0.29) is 18.1 Å². The third-order valence-electron chi connectivity index (χ3n) is 8.93. The van der Waals surface area contributed by atoms with E-state index in [1.807, 2.05) is 36.1 Å². The molecule has 264 valence electrons. The molecular formula is C37H39FN8O3S2. The summed E-state index contributed by atoms with van der Waals surface area (Å²) in [5, 5.41) is 27.2. The van der Waals surface area contributed by atoms with Gasteiger partial charge in [0.25, 0.3) is 0 Å². The van der Waals surface area contributed by atoms with Crippen LogP contribution in [-0.4, -0.2) is 81.0 Å². The van der Waals surface area contributed by atoms with Crippen molar-refractivity contribution in [3.05, 3.63) is 75.5 Å². The predicted molar refractivity (Wildman–Crippen MR) is 200 cm³/mol. The van der Waals surface area contributed by atoms with E-state index in [4.69, 9.17) is 4.74 Å². The summed E-state index contributed by atoms with van der Waals surface area (Å²) in [6, 6.07) is 13.5. The SMILES string of the molecule is Cc1c(Nc2nc3ccccc3s2)nnc2c1CCCN2c1nc(C(=O)O)c(CCCOc2ccc(C#CCN3C[C@@H](C)N[C@@H](C)C3)cc2F)s1. The summed E-state index contributed by atoms with van der Waals surface area (Å²) in [7, 11) is 0. The highest BCUT2D eigenvalue weighted by molar-refractivity contribution is 7.22. The first-order valence-corrected chi connectivity index (χ1v) is 18.7. The summed E-state index contributed by atoms with van der Waals surface area (Å²) in [4.78, 5) is 26.3. The molecule has 14 heteroatoms. The number of carboxylic acids is 1. The van der Waals surface area contributed by atoms with Crippen molar-refractivity contribution in [2.24, 2.45) is 0 Å². The van der Waals surface area contributed by atoms with E-state index in [0.29, 0.717) is 65.2 Å². The third-order valence-corrected chi connectivity index (χ3v) is 11.0. The molecule has 2 aliphatic rings. The highest BCUT2D eigenvalue weighted by atomic mass is 32.1. The summed E-state index contributed by atoms with van der Waals surface area (Å²) in [5.74, 6) is 6.14. The molecule has 0 unspecified atom stereocenters. The number of thiazole rings is 2. The number of anilines is 4. The number of aromatic nitrogens is 4. The molecule has 7 rings (SSSR count). The first kappa shape index (κ1) is 34.8. The van der Waals surface area contributed by atoms with Crippen LogP contribution in [0.25, 0.3) is 10.2 Å². The number of nitrogens with zero attached hydrogens (tertiary/aromatic N) is 6. The average molecular weight is 727 g/mol. The Balaban J connectivity index is 0.977. The summed E-state index contributed by atoms with van der Waals surface area (Å²) in [6.07, 6.45) is 2.59. The van der Waals surface area contributed by atoms with Gasteiger partial charge in [0.1, 0.15) is 0 Å². The number of fused-ring (bicyclic) bond motifs is 2. The molecule has 51 heavy (non-hydrogen) atoms. The Morgan fingerprint density at radius 1 is 1.14 bits per heavy atom. The van der Waals surface area contributed by atoms with Crippen molar-refractivity contribution < 1.29 is 19.0 Å². The lowest BCUT2D eigenvalue weighted by Crippen LogP contribution is -2.54. The van der Waals surface area contributed by atoms with Gasteiger partial charge in [-0.3, -0.25) is 4.90 Å². The smallest absolute Gasteiger partial charge is 0.355 e. The van der Waals surface area contributed by atoms with E-state index in [1.165, 1.54) is 17.4 Å². The first-order valence-electron chi connectivity index (χ1n) is 17.1. The highest BCUT2D eigenvalue weighted by Crippen LogP contribution is 2.39. The predicted octanol–water partition coefficient (Wildman–Crippen LogP) is 6.56. The Kier molecular flexibility index (Phi) is 10.4. The number of para-hydroxylation sites is 1. The lowest BCUT2D eigenvalue weighted by molar-refractivity contribution is 0.0690. The quantitative estimate of drug-likeness (QED) is 0.107. The second-order valence-corrected chi connectivity index (χ2v) is 15.1. The summed E-state index contributed by atoms with van der Waals surface area (Å²) < 4.78 is 21.7. The van der Waals surface area contributed by atoms with E-state index < -0.39 is 11.8 Å². The first-order chi connectivity index (χ1) is 24.7. The van der Waals surface area contributed by atoms with Crippen LogP contribution in [0, 0.1) is 24.6 Å². The van der Waals surface area contributed by atoms with Gasteiger partial charge in [0, 0.05) is 53.3 Å². The van der Waals surface area contributed by atoms with Crippen LogP contribution in [0.4, 0.5) is 26.3 Å². The zero-order valence-corrected chi connectivity index (χ0v) is 30.3. The maximum atomic E-state index is 14.9. The van der Waals surface area contributed by atoms with E-state index in [9.17, 15) is 14.3 Å². The number of halogens is 1. The molecule has 11 nitrogen and oxygen atoms in total. The van der Waals surface area contributed by atoms with Gasteiger partial charge in [0.05, 0.1) is 23.4 Å². The lowest BCUT2D eigenvalue weighted by atomic mass is 10.0. The van der Waals surface area contributed by atoms with Crippen LogP contribution < -0.4 is 20.3 Å². The number of piperazine rings is 1. The summed E-state index contributed by atoms with van der Waals surface area (Å²) in [6.45, 7) is 9.71. The molecule has 0 radical (unpaired) electrons. The zero-order chi connectivity index (χ0) is 35.5. The molecule has 0 spiro atoms. The molecule has 3 aromatic heterocycles. The van der Waals surface area contributed by atoms with Gasteiger partial charge in [-0.1, -0.05) is 35.3 Å². The standard InChI is InChI=1S/C37H39FN8O3S2/c1-22-20-45(21-23(2)39-22)16-6-9-25-14-15-29(27(38)19-25)49-18-8-13-31-32(35(47)48)41-37(51-31)46-17-7-10-26-24(3)33(43-44-34(26)46)42-36-40-28-11-4-5-12-30(28)50-36/h4-5,11-12,14-15,19,22-23,39H,7-8,10,13,16-18,20-21H2,1-3H3,(H,47,48)(H,40,42,43)/t22-,23+. The van der Waals surface area contributed by atoms with Crippen LogP contribution in [0.3, 0.4) is 0 Å². The maximum Gasteiger partial charge on any atom is 0.355 e. The van der Waals surface area contributed by atoms with Crippen LogP contribution in [-0.2, 0) is 12.8 Å². The van der Waals surface area contributed by atoms with Crippen molar-refractivity contribution in [2.45, 2.75) is 58.5 Å². The summed E-state index contributed by atoms with van der Waals surface area (Å²) >= 11 is 2.89. The molecular weight excluding hydrogens is 688 g/mol. The molecule has 3 N–H and O–H groups in total. The van der Waals surface area contributed by atoms with Gasteiger partial charge in [-0.05, 0) is 76.8 Å². The molecule has 0 aliphatic carbocycles. The average Bonchev–Trinajstić information content (AvgIpc) is 3.72. The molecule has 2 aliphatic heterocycles. The number of aryl methyl sites for hydroxylation is 1. The number of benzene rings is 2. The minimum Gasteiger partial charge on any atom is -0.491 e. The minimum atomic E-state index is -1.09. The number of carboxylic acid groups (broad SMARTS) is 1. The van der Waals surface area contributed by atoms with Crippen LogP contribution in [0.2, 0.25) is 0 Å². The Morgan fingerprint density at radius 2 is 1.96 bits per heavy atom. The number of rotatable bonds is 10. The lowest BCUT2D eigenvalue weighted by Gasteiger charge is -2.34. The van der Waals surface area contributed by atoms with Crippen molar-refractivity contribution in [1.29, 1.82) is 0 Å². The number of aromatic carboxylic acids is 1. The van der Waals surface area contributed by atoms with E-state index in [2.05, 4.69) is 61.4 Å². The number of hydrogen-bond donors (Lipinski definition) is 3. The Bertz CT molecular complexity index is 2080. The Labute approximate surface area is 303 Å².